The van der Waals surface area contributed by atoms with E-state index in [1.807, 2.05) is 0 Å². The number of rotatable bonds is 0. The van der Waals surface area contributed by atoms with Crippen LogP contribution in [0.15, 0.2) is 0 Å². The highest BCUT2D eigenvalue weighted by atomic mass is 19.4. The van der Waals surface area contributed by atoms with Gasteiger partial charge in [-0.3, -0.25) is 0 Å². The number of carboxylic acid groups (broad SMARTS) is 2. The first kappa shape index (κ1) is 23.1. The van der Waals surface area contributed by atoms with E-state index in [-0.39, 0.29) is 6.03 Å². The molecule has 0 aromatic carbocycles. The van der Waals surface area contributed by atoms with Gasteiger partial charge in [0.2, 0.25) is 0 Å². The van der Waals surface area contributed by atoms with Crippen molar-refractivity contribution in [1.29, 1.82) is 0 Å². The lowest BCUT2D eigenvalue weighted by atomic mass is 10.1. The summed E-state index contributed by atoms with van der Waals surface area (Å²) in [5.74, 6) is -5.51. The first-order chi connectivity index (χ1) is 10.2. The van der Waals surface area contributed by atoms with Gasteiger partial charge < -0.3 is 20.8 Å². The highest BCUT2D eigenvalue weighted by Crippen LogP contribution is 2.13. The molecule has 13 heteroatoms. The van der Waals surface area contributed by atoms with Crippen molar-refractivity contribution in [3.63, 3.8) is 0 Å². The topological polar surface area (TPSA) is 121 Å². The first-order valence-corrected chi connectivity index (χ1v) is 5.84. The lowest BCUT2D eigenvalue weighted by Gasteiger charge is -2.24. The Hall–Kier alpha value is -2.21. The molecule has 23 heavy (non-hydrogen) atoms. The van der Waals surface area contributed by atoms with E-state index in [9.17, 15) is 31.1 Å². The zero-order valence-electron chi connectivity index (χ0n) is 11.4. The van der Waals surface area contributed by atoms with E-state index in [0.717, 1.165) is 25.9 Å². The maximum absolute atomic E-state index is 10.6. The van der Waals surface area contributed by atoms with Gasteiger partial charge in [0, 0.05) is 13.1 Å². The van der Waals surface area contributed by atoms with Gasteiger partial charge in [0.05, 0.1) is 0 Å². The van der Waals surface area contributed by atoms with Crippen LogP contribution in [0.5, 0.6) is 0 Å². The molecule has 0 saturated carbocycles. The molecule has 0 spiro atoms. The molecule has 136 valence electrons. The number of urea groups is 1. The Bertz CT molecular complexity index is 380. The van der Waals surface area contributed by atoms with Crippen molar-refractivity contribution in [3.8, 4) is 0 Å². The van der Waals surface area contributed by atoms with Crippen LogP contribution >= 0.6 is 0 Å². The molecule has 0 aliphatic carbocycles. The fraction of sp³-hybridized carbons (Fsp3) is 0.700. The second-order valence-corrected chi connectivity index (χ2v) is 3.99. The number of piperidine rings is 1. The molecular formula is C10H14F6N2O5. The normalized spacial score (nSPS) is 14.6. The molecule has 0 radical (unpaired) electrons. The summed E-state index contributed by atoms with van der Waals surface area (Å²) in [6.07, 6.45) is -6.70. The molecule has 0 unspecified atom stereocenters. The number of nitrogens with two attached hydrogens (primary N) is 1. The molecule has 1 aliphatic rings. The molecule has 1 rings (SSSR count). The molecule has 7 nitrogen and oxygen atoms in total. The Morgan fingerprint density at radius 3 is 1.17 bits per heavy atom. The lowest BCUT2D eigenvalue weighted by Crippen LogP contribution is -2.39. The Kier molecular flexibility index (Phi) is 9.76. The van der Waals surface area contributed by atoms with E-state index in [0.29, 0.717) is 0 Å². The smallest absolute Gasteiger partial charge is 0.475 e. The number of carboxylic acids is 2. The monoisotopic (exact) mass is 356 g/mol. The van der Waals surface area contributed by atoms with Crippen molar-refractivity contribution < 1.29 is 50.9 Å². The van der Waals surface area contributed by atoms with Crippen molar-refractivity contribution in [2.45, 2.75) is 31.6 Å². The van der Waals surface area contributed by atoms with E-state index in [1.165, 1.54) is 6.42 Å². The third-order valence-corrected chi connectivity index (χ3v) is 2.15. The molecule has 1 fully saturated rings. The van der Waals surface area contributed by atoms with Crippen molar-refractivity contribution >= 4 is 18.0 Å². The van der Waals surface area contributed by atoms with Crippen LogP contribution < -0.4 is 5.73 Å². The van der Waals surface area contributed by atoms with Crippen LogP contribution in [-0.2, 0) is 9.59 Å². The highest BCUT2D eigenvalue weighted by molar-refractivity contribution is 5.73. The van der Waals surface area contributed by atoms with Crippen LogP contribution in [0.4, 0.5) is 31.1 Å². The summed E-state index contributed by atoms with van der Waals surface area (Å²) in [5.41, 5.74) is 5.05. The standard InChI is InChI=1S/C6H12N2O.2C2HF3O2/c7-6(9)8-4-2-1-3-5-8;2*3-2(4,5)1(6)7/h1-5H2,(H2,7,9);2*(H,6,7). The number of carbonyl (C=O) groups excluding carboxylic acids is 1. The van der Waals surface area contributed by atoms with Gasteiger partial charge in [-0.2, -0.15) is 26.3 Å². The zero-order valence-corrected chi connectivity index (χ0v) is 11.4. The third kappa shape index (κ3) is 13.2. The molecule has 1 heterocycles. The van der Waals surface area contributed by atoms with Gasteiger partial charge in [0.1, 0.15) is 0 Å². The largest absolute Gasteiger partial charge is 0.490 e. The number of nitrogens with zero attached hydrogens (tertiary/aromatic N) is 1. The van der Waals surface area contributed by atoms with Gasteiger partial charge in [-0.1, -0.05) is 0 Å². The Morgan fingerprint density at radius 1 is 0.783 bits per heavy atom. The van der Waals surface area contributed by atoms with Crippen LogP contribution in [0.1, 0.15) is 19.3 Å². The predicted octanol–water partition coefficient (Wildman–Crippen LogP) is 1.82. The number of hydrogen-bond donors (Lipinski definition) is 3. The minimum Gasteiger partial charge on any atom is -0.475 e. The number of halogens is 6. The summed E-state index contributed by atoms with van der Waals surface area (Å²) in [7, 11) is 0. The maximum atomic E-state index is 10.6. The number of alkyl halides is 6. The summed E-state index contributed by atoms with van der Waals surface area (Å²) in [6.45, 7) is 1.71. The molecule has 0 aromatic rings. The molecule has 0 bridgehead atoms. The number of aliphatic carboxylic acids is 2. The summed E-state index contributed by atoms with van der Waals surface area (Å²) < 4.78 is 63.5. The first-order valence-electron chi connectivity index (χ1n) is 5.84. The van der Waals surface area contributed by atoms with Crippen molar-refractivity contribution in [3.05, 3.63) is 0 Å². The molecule has 2 amide bonds. The minimum absolute atomic E-state index is 0.269. The highest BCUT2D eigenvalue weighted by Gasteiger charge is 2.38. The predicted molar refractivity (Wildman–Crippen MR) is 62.4 cm³/mol. The molecule has 4 N–H and O–H groups in total. The van der Waals surface area contributed by atoms with Gasteiger partial charge in [-0.15, -0.1) is 0 Å². The summed E-state index contributed by atoms with van der Waals surface area (Å²) in [5, 5.41) is 14.2. The molecule has 1 saturated heterocycles. The van der Waals surface area contributed by atoms with E-state index >= 15 is 0 Å². The third-order valence-electron chi connectivity index (χ3n) is 2.15. The summed E-state index contributed by atoms with van der Waals surface area (Å²) >= 11 is 0. The van der Waals surface area contributed by atoms with Gasteiger partial charge in [0.15, 0.2) is 0 Å². The second-order valence-electron chi connectivity index (χ2n) is 3.99. The molecular weight excluding hydrogens is 342 g/mol. The van der Waals surface area contributed by atoms with Crippen molar-refractivity contribution in [2.75, 3.05) is 13.1 Å². The number of amides is 2. The van der Waals surface area contributed by atoms with Gasteiger partial charge >= 0.3 is 30.3 Å². The maximum Gasteiger partial charge on any atom is 0.490 e. The average Bonchev–Trinajstić information content (AvgIpc) is 2.38. The Labute approximate surface area is 125 Å². The minimum atomic E-state index is -5.08. The second kappa shape index (κ2) is 9.74. The number of primary amides is 1. The quantitative estimate of drug-likeness (QED) is 0.572. The fourth-order valence-corrected chi connectivity index (χ4v) is 1.11. The van der Waals surface area contributed by atoms with E-state index in [4.69, 9.17) is 25.5 Å². The Balaban J connectivity index is 0. The van der Waals surface area contributed by atoms with Gasteiger partial charge in [-0.25, -0.2) is 14.4 Å². The van der Waals surface area contributed by atoms with Gasteiger partial charge in [-0.05, 0) is 19.3 Å². The Morgan fingerprint density at radius 2 is 1.04 bits per heavy atom. The number of hydrogen-bond acceptors (Lipinski definition) is 3. The summed E-state index contributed by atoms with van der Waals surface area (Å²) in [4.78, 5) is 30.0. The van der Waals surface area contributed by atoms with Crippen LogP contribution in [-0.4, -0.2) is 58.5 Å². The lowest BCUT2D eigenvalue weighted by molar-refractivity contribution is -0.193. The molecule has 0 atom stereocenters. The fourth-order valence-electron chi connectivity index (χ4n) is 1.11. The van der Waals surface area contributed by atoms with Crippen LogP contribution in [0, 0.1) is 0 Å². The molecule has 1 aliphatic heterocycles. The van der Waals surface area contributed by atoms with Crippen molar-refractivity contribution in [2.24, 2.45) is 5.73 Å². The van der Waals surface area contributed by atoms with E-state index in [2.05, 4.69) is 0 Å². The van der Waals surface area contributed by atoms with E-state index in [1.54, 1.807) is 4.90 Å². The van der Waals surface area contributed by atoms with E-state index < -0.39 is 24.3 Å². The SMILES string of the molecule is NC(=O)N1CCCCC1.O=C(O)C(F)(F)F.O=C(O)C(F)(F)F. The van der Waals surface area contributed by atoms with Gasteiger partial charge in [0.25, 0.3) is 0 Å². The van der Waals surface area contributed by atoms with Crippen molar-refractivity contribution in [1.82, 2.24) is 4.90 Å². The summed E-state index contributed by atoms with van der Waals surface area (Å²) in [6, 6.07) is -0.269. The van der Waals surface area contributed by atoms with Crippen LogP contribution in [0.25, 0.3) is 0 Å². The van der Waals surface area contributed by atoms with Crippen LogP contribution in [0.2, 0.25) is 0 Å². The molecule has 0 aromatic heterocycles. The van der Waals surface area contributed by atoms with Crippen LogP contribution in [0.3, 0.4) is 0 Å². The zero-order chi connectivity index (χ0) is 18.8. The number of carbonyl (C=O) groups is 3. The average molecular weight is 356 g/mol. The number of likely N-dealkylation sites (tertiary alicyclic amines) is 1.